The van der Waals surface area contributed by atoms with Crippen LogP contribution in [0.3, 0.4) is 0 Å². The van der Waals surface area contributed by atoms with Gasteiger partial charge in [-0.25, -0.2) is 0 Å². The first-order chi connectivity index (χ1) is 12.5. The van der Waals surface area contributed by atoms with E-state index in [1.54, 1.807) is 0 Å². The van der Waals surface area contributed by atoms with Crippen LogP contribution in [0.4, 0.5) is 0 Å². The molecule has 1 saturated carbocycles. The highest BCUT2D eigenvalue weighted by molar-refractivity contribution is 5.82. The Hall–Kier alpha value is -0.980. The lowest BCUT2D eigenvalue weighted by Gasteiger charge is -2.28. The minimum absolute atomic E-state index is 0. The molecular weight excluding hydrogens is 334 g/mol. The highest BCUT2D eigenvalue weighted by atomic mass is 16.5. The molecule has 1 amide bonds. The SMILES string of the molecule is CCOCCOCCOCCC(=O)NCC1CCC(C(=O)C(C)C)CC1.[HH]. The zero-order chi connectivity index (χ0) is 19.2. The molecule has 0 unspecified atom stereocenters. The van der Waals surface area contributed by atoms with Gasteiger partial charge in [0.15, 0.2) is 0 Å². The summed E-state index contributed by atoms with van der Waals surface area (Å²) in [7, 11) is 0. The Morgan fingerprint density at radius 1 is 0.962 bits per heavy atom. The van der Waals surface area contributed by atoms with E-state index in [4.69, 9.17) is 14.2 Å². The number of rotatable bonds is 14. The molecule has 154 valence electrons. The number of ether oxygens (including phenoxy) is 3. The van der Waals surface area contributed by atoms with Gasteiger partial charge in [0.05, 0.1) is 33.0 Å². The van der Waals surface area contributed by atoms with E-state index in [0.717, 1.165) is 25.7 Å². The number of carbonyl (C=O) groups is 2. The molecule has 26 heavy (non-hydrogen) atoms. The summed E-state index contributed by atoms with van der Waals surface area (Å²) >= 11 is 0. The predicted molar refractivity (Wildman–Crippen MR) is 103 cm³/mol. The van der Waals surface area contributed by atoms with Gasteiger partial charge in [0.25, 0.3) is 0 Å². The first-order valence-corrected chi connectivity index (χ1v) is 10.1. The van der Waals surface area contributed by atoms with Crippen molar-refractivity contribution >= 4 is 11.7 Å². The Kier molecular flexibility index (Phi) is 12.5. The molecule has 0 aromatic heterocycles. The van der Waals surface area contributed by atoms with Crippen molar-refractivity contribution < 1.29 is 25.2 Å². The molecule has 1 rings (SSSR count). The largest absolute Gasteiger partial charge is 0.379 e. The van der Waals surface area contributed by atoms with Crippen LogP contribution < -0.4 is 5.32 Å². The van der Waals surface area contributed by atoms with Crippen LogP contribution in [-0.4, -0.2) is 57.9 Å². The lowest BCUT2D eigenvalue weighted by Crippen LogP contribution is -2.33. The second-order valence-corrected chi connectivity index (χ2v) is 7.25. The molecule has 0 spiro atoms. The Morgan fingerprint density at radius 3 is 2.12 bits per heavy atom. The van der Waals surface area contributed by atoms with Gasteiger partial charge in [-0.05, 0) is 38.5 Å². The van der Waals surface area contributed by atoms with Crippen molar-refractivity contribution in [2.24, 2.45) is 17.8 Å². The van der Waals surface area contributed by atoms with E-state index < -0.39 is 0 Å². The highest BCUT2D eigenvalue weighted by Crippen LogP contribution is 2.30. The summed E-state index contributed by atoms with van der Waals surface area (Å²) in [6.07, 6.45) is 4.35. The fraction of sp³-hybridized carbons (Fsp3) is 0.900. The van der Waals surface area contributed by atoms with Gasteiger partial charge in [-0.2, -0.15) is 0 Å². The Balaban J connectivity index is 0.00000676. The number of hydrogen-bond acceptors (Lipinski definition) is 5. The van der Waals surface area contributed by atoms with Crippen molar-refractivity contribution in [1.82, 2.24) is 5.32 Å². The van der Waals surface area contributed by atoms with Crippen molar-refractivity contribution in [3.05, 3.63) is 0 Å². The third-order valence-corrected chi connectivity index (χ3v) is 4.83. The maximum atomic E-state index is 12.0. The summed E-state index contributed by atoms with van der Waals surface area (Å²) in [4.78, 5) is 23.9. The van der Waals surface area contributed by atoms with Crippen LogP contribution in [0.5, 0.6) is 0 Å². The van der Waals surface area contributed by atoms with Gasteiger partial charge in [-0.1, -0.05) is 13.8 Å². The molecule has 1 aliphatic carbocycles. The standard InChI is InChI=1S/C20H37NO5.H2/c1-4-24-11-12-26-14-13-25-10-9-19(22)21-15-17-5-7-18(8-6-17)20(23)16(2)3;/h16-18H,4-15H2,1-3H3,(H,21,22);1H. The minimum atomic E-state index is 0. The highest BCUT2D eigenvalue weighted by Gasteiger charge is 2.27. The number of Topliss-reactive ketones (excluding diaryl/α,β-unsaturated/α-hetero) is 1. The lowest BCUT2D eigenvalue weighted by atomic mass is 9.78. The fourth-order valence-electron chi connectivity index (χ4n) is 3.22. The summed E-state index contributed by atoms with van der Waals surface area (Å²) in [5.74, 6) is 1.28. The third kappa shape index (κ3) is 10.2. The quantitative estimate of drug-likeness (QED) is 0.474. The second kappa shape index (κ2) is 14.1. The first-order valence-electron chi connectivity index (χ1n) is 10.1. The van der Waals surface area contributed by atoms with Crippen LogP contribution in [0.1, 0.15) is 54.3 Å². The number of ketones is 1. The second-order valence-electron chi connectivity index (χ2n) is 7.25. The van der Waals surface area contributed by atoms with Crippen LogP contribution >= 0.6 is 0 Å². The van der Waals surface area contributed by atoms with Crippen LogP contribution in [0, 0.1) is 17.8 Å². The lowest BCUT2D eigenvalue weighted by molar-refractivity contribution is -0.127. The fourth-order valence-corrected chi connectivity index (χ4v) is 3.22. The maximum Gasteiger partial charge on any atom is 0.222 e. The number of amides is 1. The molecule has 0 heterocycles. The Bertz CT molecular complexity index is 398. The Morgan fingerprint density at radius 2 is 1.54 bits per heavy atom. The molecule has 1 aliphatic rings. The van der Waals surface area contributed by atoms with Crippen molar-refractivity contribution in [2.75, 3.05) is 46.2 Å². The topological polar surface area (TPSA) is 73.9 Å². The molecule has 1 N–H and O–H groups in total. The van der Waals surface area contributed by atoms with E-state index in [9.17, 15) is 9.59 Å². The van der Waals surface area contributed by atoms with Gasteiger partial charge in [0, 0.05) is 32.8 Å². The normalized spacial score (nSPS) is 20.3. The zero-order valence-corrected chi connectivity index (χ0v) is 16.8. The predicted octanol–water partition coefficient (Wildman–Crippen LogP) is 2.84. The number of hydrogen-bond donors (Lipinski definition) is 1. The van der Waals surface area contributed by atoms with E-state index in [2.05, 4.69) is 5.32 Å². The number of nitrogens with one attached hydrogen (secondary N) is 1. The summed E-state index contributed by atoms with van der Waals surface area (Å²) in [6, 6.07) is 0. The Labute approximate surface area is 159 Å². The first kappa shape index (κ1) is 23.1. The molecule has 0 aromatic rings. The van der Waals surface area contributed by atoms with Gasteiger partial charge in [0.2, 0.25) is 5.91 Å². The van der Waals surface area contributed by atoms with Crippen LogP contribution in [0.2, 0.25) is 0 Å². The van der Waals surface area contributed by atoms with E-state index in [1.165, 1.54) is 0 Å². The molecule has 0 saturated heterocycles. The van der Waals surface area contributed by atoms with E-state index in [0.29, 0.717) is 64.3 Å². The van der Waals surface area contributed by atoms with Crippen molar-refractivity contribution in [2.45, 2.75) is 52.9 Å². The smallest absolute Gasteiger partial charge is 0.222 e. The summed E-state index contributed by atoms with van der Waals surface area (Å²) in [6.45, 7) is 9.92. The maximum absolute atomic E-state index is 12.0. The summed E-state index contributed by atoms with van der Waals surface area (Å²) < 4.78 is 15.9. The molecule has 6 nitrogen and oxygen atoms in total. The van der Waals surface area contributed by atoms with Gasteiger partial charge in [0.1, 0.15) is 5.78 Å². The molecule has 0 atom stereocenters. The average Bonchev–Trinajstić information content (AvgIpc) is 2.64. The summed E-state index contributed by atoms with van der Waals surface area (Å²) in [5.41, 5.74) is 0. The van der Waals surface area contributed by atoms with Gasteiger partial charge in [-0.15, -0.1) is 0 Å². The van der Waals surface area contributed by atoms with Crippen molar-refractivity contribution in [1.29, 1.82) is 0 Å². The summed E-state index contributed by atoms with van der Waals surface area (Å²) in [5, 5.41) is 2.99. The average molecular weight is 374 g/mol. The zero-order valence-electron chi connectivity index (χ0n) is 16.8. The molecule has 0 aromatic carbocycles. The molecule has 0 bridgehead atoms. The van der Waals surface area contributed by atoms with Crippen molar-refractivity contribution in [3.63, 3.8) is 0 Å². The third-order valence-electron chi connectivity index (χ3n) is 4.83. The van der Waals surface area contributed by atoms with Crippen LogP contribution in [0.25, 0.3) is 0 Å². The minimum Gasteiger partial charge on any atom is -0.379 e. The van der Waals surface area contributed by atoms with Gasteiger partial charge < -0.3 is 19.5 Å². The number of carbonyl (C=O) groups excluding carboxylic acids is 2. The van der Waals surface area contributed by atoms with E-state index in [1.807, 2.05) is 20.8 Å². The molecular formula is C20H39NO5. The van der Waals surface area contributed by atoms with Crippen LogP contribution in [0.15, 0.2) is 0 Å². The van der Waals surface area contributed by atoms with Gasteiger partial charge >= 0.3 is 0 Å². The molecule has 0 aliphatic heterocycles. The molecule has 1 fully saturated rings. The molecule has 6 heteroatoms. The monoisotopic (exact) mass is 373 g/mol. The van der Waals surface area contributed by atoms with E-state index >= 15 is 0 Å². The van der Waals surface area contributed by atoms with Gasteiger partial charge in [-0.3, -0.25) is 9.59 Å². The van der Waals surface area contributed by atoms with Crippen molar-refractivity contribution in [3.8, 4) is 0 Å². The molecule has 0 radical (unpaired) electrons. The van der Waals surface area contributed by atoms with Crippen LogP contribution in [-0.2, 0) is 23.8 Å². The van der Waals surface area contributed by atoms with E-state index in [-0.39, 0.29) is 19.2 Å².